The summed E-state index contributed by atoms with van der Waals surface area (Å²) in [6.07, 6.45) is 3.22. The zero-order valence-electron chi connectivity index (χ0n) is 31.3. The van der Waals surface area contributed by atoms with Crippen molar-refractivity contribution in [3.63, 3.8) is 0 Å². The first-order chi connectivity index (χ1) is 27.3. The average Bonchev–Trinajstić information content (AvgIpc) is 4.20. The highest BCUT2D eigenvalue weighted by Gasteiger charge is 2.49. The zero-order valence-corrected chi connectivity index (χ0v) is 31.3. The van der Waals surface area contributed by atoms with Crippen molar-refractivity contribution in [1.29, 1.82) is 0 Å². The minimum Gasteiger partial charge on any atom is -0.352 e. The number of rotatable bonds is 11. The molecule has 5 fully saturated rings. The second kappa shape index (κ2) is 15.0. The number of amides is 5. The maximum absolute atomic E-state index is 13.9. The number of carbonyl (C=O) groups excluding carboxylic acids is 5. The molecule has 3 saturated carbocycles. The molecule has 10 nitrogen and oxygen atoms in total. The molecule has 0 unspecified atom stereocenters. The number of carbonyl (C=O) groups is 5. The van der Waals surface area contributed by atoms with Gasteiger partial charge in [-0.2, -0.15) is 0 Å². The maximum atomic E-state index is 13.9. The first-order valence-corrected chi connectivity index (χ1v) is 20.1. The molecule has 3 aliphatic carbocycles. The lowest BCUT2D eigenvalue weighted by Gasteiger charge is -2.18. The van der Waals surface area contributed by atoms with Gasteiger partial charge in [-0.15, -0.1) is 0 Å². The summed E-state index contributed by atoms with van der Waals surface area (Å²) < 4.78 is 0. The summed E-state index contributed by atoms with van der Waals surface area (Å²) in [7, 11) is 0. The van der Waals surface area contributed by atoms with E-state index in [9.17, 15) is 24.0 Å². The predicted octanol–water partition coefficient (Wildman–Crippen LogP) is 4.85. The molecule has 5 aliphatic rings. The molecule has 0 radical (unpaired) electrons. The van der Waals surface area contributed by atoms with E-state index in [2.05, 4.69) is 52.3 Å². The number of benzene rings is 4. The molecule has 2 aliphatic heterocycles. The van der Waals surface area contributed by atoms with Gasteiger partial charge in [-0.1, -0.05) is 91.0 Å². The van der Waals surface area contributed by atoms with Crippen molar-refractivity contribution in [1.82, 2.24) is 25.8 Å². The van der Waals surface area contributed by atoms with Crippen molar-refractivity contribution in [3.8, 4) is 0 Å². The highest BCUT2D eigenvalue weighted by atomic mass is 16.2. The lowest BCUT2D eigenvalue weighted by molar-refractivity contribution is -0.133. The van der Waals surface area contributed by atoms with Crippen molar-refractivity contribution in [2.75, 3.05) is 26.2 Å². The fourth-order valence-corrected chi connectivity index (χ4v) is 8.93. The van der Waals surface area contributed by atoms with Crippen LogP contribution in [0.3, 0.4) is 0 Å². The first kappa shape index (κ1) is 35.9. The smallest absolute Gasteiger partial charge is 0.253 e. The van der Waals surface area contributed by atoms with E-state index in [4.69, 9.17) is 0 Å². The molecule has 9 atom stereocenters. The van der Waals surface area contributed by atoms with Gasteiger partial charge in [0.05, 0.1) is 17.8 Å². The lowest BCUT2D eigenvalue weighted by atomic mass is 9.94. The van der Waals surface area contributed by atoms with Crippen molar-refractivity contribution >= 4 is 29.5 Å². The van der Waals surface area contributed by atoms with Crippen LogP contribution in [0.2, 0.25) is 0 Å². The number of likely N-dealkylation sites (tertiary alicyclic amines) is 2. The zero-order chi connectivity index (χ0) is 38.3. The van der Waals surface area contributed by atoms with Crippen LogP contribution in [0, 0.1) is 17.8 Å². The third kappa shape index (κ3) is 7.57. The lowest BCUT2D eigenvalue weighted by Crippen LogP contribution is -2.43. The van der Waals surface area contributed by atoms with E-state index >= 15 is 0 Å². The molecule has 286 valence electrons. The molecule has 9 rings (SSSR count). The Kier molecular flexibility index (Phi) is 9.65. The number of nitrogens with zero attached hydrogens (tertiary/aromatic N) is 2. The normalized spacial score (nSPS) is 28.6. The third-order valence-corrected chi connectivity index (χ3v) is 12.5. The number of nitrogens with one attached hydrogen (secondary N) is 3. The Morgan fingerprint density at radius 2 is 0.821 bits per heavy atom. The van der Waals surface area contributed by atoms with Crippen LogP contribution in [0.25, 0.3) is 0 Å². The molecule has 0 aromatic heterocycles. The Hall–Kier alpha value is -5.77. The van der Waals surface area contributed by atoms with E-state index in [0.717, 1.165) is 19.3 Å². The first-order valence-electron chi connectivity index (χ1n) is 20.1. The van der Waals surface area contributed by atoms with Gasteiger partial charge in [-0.05, 0) is 66.6 Å². The molecule has 2 heterocycles. The summed E-state index contributed by atoms with van der Waals surface area (Å²) >= 11 is 0. The predicted molar refractivity (Wildman–Crippen MR) is 211 cm³/mol. The largest absolute Gasteiger partial charge is 0.352 e. The van der Waals surface area contributed by atoms with Gasteiger partial charge in [0.2, 0.25) is 17.7 Å². The van der Waals surface area contributed by atoms with Crippen LogP contribution in [0.5, 0.6) is 0 Å². The van der Waals surface area contributed by atoms with E-state index in [1.54, 1.807) is 34.1 Å². The van der Waals surface area contributed by atoms with Crippen molar-refractivity contribution in [2.45, 2.75) is 61.6 Å². The molecule has 56 heavy (non-hydrogen) atoms. The van der Waals surface area contributed by atoms with E-state index in [-0.39, 0.29) is 78.5 Å². The molecule has 10 heteroatoms. The molecular formula is C46H47N5O5. The summed E-state index contributed by atoms with van der Waals surface area (Å²) in [6, 6.07) is 37.1. The summed E-state index contributed by atoms with van der Waals surface area (Å²) in [5.41, 5.74) is 4.42. The van der Waals surface area contributed by atoms with Crippen LogP contribution in [-0.4, -0.2) is 83.6 Å². The van der Waals surface area contributed by atoms with Gasteiger partial charge in [-0.3, -0.25) is 24.0 Å². The second-order valence-electron chi connectivity index (χ2n) is 16.3. The van der Waals surface area contributed by atoms with E-state index in [0.29, 0.717) is 36.6 Å². The molecule has 0 bridgehead atoms. The maximum Gasteiger partial charge on any atom is 0.253 e. The van der Waals surface area contributed by atoms with Gasteiger partial charge < -0.3 is 25.8 Å². The fraction of sp³-hybridized carbons (Fsp3) is 0.370. The van der Waals surface area contributed by atoms with Crippen molar-refractivity contribution in [2.24, 2.45) is 17.8 Å². The quantitative estimate of drug-likeness (QED) is 0.202. The van der Waals surface area contributed by atoms with Gasteiger partial charge >= 0.3 is 0 Å². The van der Waals surface area contributed by atoms with Gasteiger partial charge in [0.15, 0.2) is 0 Å². The molecule has 3 N–H and O–H groups in total. The highest BCUT2D eigenvalue weighted by molar-refractivity contribution is 5.99. The molecule has 4 aromatic carbocycles. The van der Waals surface area contributed by atoms with Gasteiger partial charge in [-0.25, -0.2) is 0 Å². The van der Waals surface area contributed by atoms with Gasteiger partial charge in [0.25, 0.3) is 11.8 Å². The Labute approximate surface area is 327 Å². The molecular weight excluding hydrogens is 703 g/mol. The highest BCUT2D eigenvalue weighted by Crippen LogP contribution is 2.43. The third-order valence-electron chi connectivity index (χ3n) is 12.5. The minimum atomic E-state index is -0.685. The molecule has 0 spiro atoms. The van der Waals surface area contributed by atoms with Crippen LogP contribution in [0.1, 0.15) is 80.8 Å². The van der Waals surface area contributed by atoms with E-state index < -0.39 is 11.8 Å². The summed E-state index contributed by atoms with van der Waals surface area (Å²) in [5.74, 6) is -1.67. The van der Waals surface area contributed by atoms with E-state index in [1.807, 2.05) is 54.6 Å². The Morgan fingerprint density at radius 1 is 0.446 bits per heavy atom. The van der Waals surface area contributed by atoms with Crippen LogP contribution in [0.4, 0.5) is 0 Å². The molecule has 5 amide bonds. The van der Waals surface area contributed by atoms with Crippen LogP contribution < -0.4 is 16.0 Å². The number of hydrogen-bond donors (Lipinski definition) is 3. The fourth-order valence-electron chi connectivity index (χ4n) is 8.93. The standard InChI is InChI=1S/C46H47N5O5/c52-42(47-39-22-34(39)28-10-4-1-5-11-28)33-20-21-50(25-33)45(55)31-16-18-32(19-17-31)46(56)51-26-37(43(53)48-40-23-35(40)29-12-6-2-7-13-29)38(27-51)44(54)49-41-24-36(41)30-14-8-3-9-15-30/h1-19,33-41H,20-27H2,(H,47,52)(H,48,53)(H,49,54)/t33-,34+,35-,36-,37+,38+,39-,40+,41+/m0/s1. The Morgan fingerprint density at radius 3 is 1.23 bits per heavy atom. The van der Waals surface area contributed by atoms with Crippen LogP contribution in [-0.2, 0) is 14.4 Å². The summed E-state index contributed by atoms with van der Waals surface area (Å²) in [6.45, 7) is 1.10. The Bertz CT molecular complexity index is 2040. The SMILES string of the molecule is O=C(N[C@H]1C[C@@H]1c1ccccc1)[C@H]1CCN(C(=O)c2ccc(C(=O)N3C[C@@H](C(=O)N[C@@H]4C[C@H]4c4ccccc4)[C@H](C(=O)N[C@@H]4C[C@H]4c4ccccc4)C3)cc2)C1. The molecule has 2 saturated heterocycles. The number of hydrogen-bond acceptors (Lipinski definition) is 5. The Balaban J connectivity index is 0.818. The van der Waals surface area contributed by atoms with Crippen molar-refractivity contribution < 1.29 is 24.0 Å². The topological polar surface area (TPSA) is 128 Å². The average molecular weight is 750 g/mol. The summed E-state index contributed by atoms with van der Waals surface area (Å²) in [4.78, 5) is 71.4. The van der Waals surface area contributed by atoms with E-state index in [1.165, 1.54) is 16.7 Å². The van der Waals surface area contributed by atoms with Gasteiger partial charge in [0, 0.05) is 73.2 Å². The van der Waals surface area contributed by atoms with Crippen molar-refractivity contribution in [3.05, 3.63) is 143 Å². The minimum absolute atomic E-state index is 0.000184. The van der Waals surface area contributed by atoms with Crippen LogP contribution >= 0.6 is 0 Å². The summed E-state index contributed by atoms with van der Waals surface area (Å²) in [5, 5.41) is 9.55. The second-order valence-corrected chi connectivity index (χ2v) is 16.3. The van der Waals surface area contributed by atoms with Crippen LogP contribution in [0.15, 0.2) is 115 Å². The van der Waals surface area contributed by atoms with Gasteiger partial charge in [0.1, 0.15) is 0 Å². The monoisotopic (exact) mass is 749 g/mol. The molecule has 4 aromatic rings.